The molecule has 0 unspecified atom stereocenters. The summed E-state index contributed by atoms with van der Waals surface area (Å²) in [4.78, 5) is 23.3. The summed E-state index contributed by atoms with van der Waals surface area (Å²) in [6.45, 7) is 0. The number of carbonyl (C=O) groups is 1. The summed E-state index contributed by atoms with van der Waals surface area (Å²) in [6.07, 6.45) is 4.79. The Bertz CT molecular complexity index is 628. The number of pyridine rings is 1. The van der Waals surface area contributed by atoms with Gasteiger partial charge in [0.25, 0.3) is 5.56 Å². The lowest BCUT2D eigenvalue weighted by atomic mass is 10.4. The van der Waals surface area contributed by atoms with Crippen molar-refractivity contribution in [3.63, 3.8) is 0 Å². The van der Waals surface area contributed by atoms with Gasteiger partial charge in [-0.2, -0.15) is 5.10 Å². The van der Waals surface area contributed by atoms with Crippen LogP contribution in [0.5, 0.6) is 0 Å². The van der Waals surface area contributed by atoms with Gasteiger partial charge >= 0.3 is 6.03 Å². The van der Waals surface area contributed by atoms with Gasteiger partial charge in [-0.3, -0.25) is 9.48 Å². The van der Waals surface area contributed by atoms with Crippen molar-refractivity contribution in [3.8, 4) is 0 Å². The molecule has 0 fully saturated rings. The zero-order valence-corrected chi connectivity index (χ0v) is 10.0. The molecule has 7 heteroatoms. The van der Waals surface area contributed by atoms with Gasteiger partial charge in [-0.1, -0.05) is 0 Å². The van der Waals surface area contributed by atoms with Crippen molar-refractivity contribution in [2.24, 2.45) is 14.1 Å². The average Bonchev–Trinajstić information content (AvgIpc) is 2.70. The van der Waals surface area contributed by atoms with E-state index in [1.807, 2.05) is 0 Å². The molecule has 0 spiro atoms. The van der Waals surface area contributed by atoms with Gasteiger partial charge in [0.15, 0.2) is 0 Å². The predicted molar refractivity (Wildman–Crippen MR) is 67.5 cm³/mol. The molecule has 0 aromatic carbocycles. The van der Waals surface area contributed by atoms with E-state index in [1.165, 1.54) is 10.8 Å². The Morgan fingerprint density at radius 1 is 1.33 bits per heavy atom. The average molecular weight is 247 g/mol. The van der Waals surface area contributed by atoms with Crippen molar-refractivity contribution in [3.05, 3.63) is 41.1 Å². The van der Waals surface area contributed by atoms with Gasteiger partial charge in [0.2, 0.25) is 0 Å². The molecule has 0 saturated heterocycles. The SMILES string of the molecule is Cn1cc(NC(=O)Nc2cccn(C)c2=O)cn1. The van der Waals surface area contributed by atoms with Crippen LogP contribution in [-0.4, -0.2) is 20.4 Å². The second-order valence-corrected chi connectivity index (χ2v) is 3.82. The first-order valence-electron chi connectivity index (χ1n) is 5.28. The molecular formula is C11H13N5O2. The van der Waals surface area contributed by atoms with Crippen LogP contribution in [0.1, 0.15) is 0 Å². The summed E-state index contributed by atoms with van der Waals surface area (Å²) >= 11 is 0. The molecule has 2 aromatic heterocycles. The van der Waals surface area contributed by atoms with Crippen molar-refractivity contribution >= 4 is 17.4 Å². The number of amides is 2. The number of nitrogens with one attached hydrogen (secondary N) is 2. The fourth-order valence-electron chi connectivity index (χ4n) is 1.46. The number of urea groups is 1. The minimum absolute atomic E-state index is 0.224. The van der Waals surface area contributed by atoms with Crippen molar-refractivity contribution in [1.29, 1.82) is 0 Å². The third-order valence-electron chi connectivity index (χ3n) is 2.33. The molecule has 0 atom stereocenters. The van der Waals surface area contributed by atoms with E-state index in [0.29, 0.717) is 5.69 Å². The highest BCUT2D eigenvalue weighted by Gasteiger charge is 2.07. The highest BCUT2D eigenvalue weighted by Crippen LogP contribution is 2.04. The fraction of sp³-hybridized carbons (Fsp3) is 0.182. The third-order valence-corrected chi connectivity index (χ3v) is 2.33. The molecule has 94 valence electrons. The summed E-state index contributed by atoms with van der Waals surface area (Å²) in [6, 6.07) is 2.75. The molecule has 2 amide bonds. The van der Waals surface area contributed by atoms with Crippen molar-refractivity contribution in [2.45, 2.75) is 0 Å². The molecule has 7 nitrogen and oxygen atoms in total. The number of aryl methyl sites for hydroxylation is 2. The summed E-state index contributed by atoms with van der Waals surface area (Å²) in [5.41, 5.74) is 0.517. The second kappa shape index (κ2) is 4.74. The van der Waals surface area contributed by atoms with E-state index in [1.54, 1.807) is 43.3 Å². The van der Waals surface area contributed by atoms with E-state index in [-0.39, 0.29) is 11.2 Å². The lowest BCUT2D eigenvalue weighted by molar-refractivity contribution is 0.262. The molecular weight excluding hydrogens is 234 g/mol. The Balaban J connectivity index is 2.08. The van der Waals surface area contributed by atoms with E-state index in [9.17, 15) is 9.59 Å². The third kappa shape index (κ3) is 2.57. The molecule has 0 aliphatic heterocycles. The van der Waals surface area contributed by atoms with Crippen LogP contribution in [0.25, 0.3) is 0 Å². The van der Waals surface area contributed by atoms with Gasteiger partial charge in [-0.15, -0.1) is 0 Å². The summed E-state index contributed by atoms with van der Waals surface area (Å²) in [7, 11) is 3.36. The summed E-state index contributed by atoms with van der Waals surface area (Å²) in [5.74, 6) is 0. The van der Waals surface area contributed by atoms with E-state index in [4.69, 9.17) is 0 Å². The number of nitrogens with zero attached hydrogens (tertiary/aromatic N) is 3. The molecule has 0 saturated carbocycles. The van der Waals surface area contributed by atoms with Gasteiger partial charge in [0, 0.05) is 26.5 Å². The zero-order valence-electron chi connectivity index (χ0n) is 10.0. The number of rotatable bonds is 2. The molecule has 2 heterocycles. The Hall–Kier alpha value is -2.57. The first-order valence-corrected chi connectivity index (χ1v) is 5.28. The Morgan fingerprint density at radius 3 is 2.78 bits per heavy atom. The highest BCUT2D eigenvalue weighted by molar-refractivity contribution is 5.99. The normalized spacial score (nSPS) is 10.1. The lowest BCUT2D eigenvalue weighted by Crippen LogP contribution is -2.26. The first kappa shape index (κ1) is 11.9. The minimum Gasteiger partial charge on any atom is -0.317 e. The topological polar surface area (TPSA) is 81.0 Å². The van der Waals surface area contributed by atoms with Crippen molar-refractivity contribution in [1.82, 2.24) is 14.3 Å². The molecule has 0 aliphatic rings. The fourth-order valence-corrected chi connectivity index (χ4v) is 1.46. The molecule has 18 heavy (non-hydrogen) atoms. The van der Waals surface area contributed by atoms with Gasteiger partial charge in [-0.05, 0) is 12.1 Å². The van der Waals surface area contributed by atoms with Crippen LogP contribution in [0.4, 0.5) is 16.2 Å². The zero-order chi connectivity index (χ0) is 13.1. The lowest BCUT2D eigenvalue weighted by Gasteiger charge is -2.06. The standard InChI is InChI=1S/C11H13N5O2/c1-15-5-3-4-9(10(15)17)14-11(18)13-8-6-12-16(2)7-8/h3-7H,1-2H3,(H2,13,14,18). The largest absolute Gasteiger partial charge is 0.323 e. The number of anilines is 2. The number of hydrogen-bond acceptors (Lipinski definition) is 3. The van der Waals surface area contributed by atoms with Crippen LogP contribution in [-0.2, 0) is 14.1 Å². The van der Waals surface area contributed by atoms with Crippen LogP contribution < -0.4 is 16.2 Å². The van der Waals surface area contributed by atoms with Crippen molar-refractivity contribution in [2.75, 3.05) is 10.6 Å². The Labute approximate surface area is 103 Å². The van der Waals surface area contributed by atoms with E-state index in [0.717, 1.165) is 0 Å². The molecule has 2 rings (SSSR count). The monoisotopic (exact) mass is 247 g/mol. The maximum atomic E-state index is 11.7. The van der Waals surface area contributed by atoms with Crippen LogP contribution >= 0.6 is 0 Å². The smallest absolute Gasteiger partial charge is 0.317 e. The number of hydrogen-bond donors (Lipinski definition) is 2. The number of carbonyl (C=O) groups excluding carboxylic acids is 1. The summed E-state index contributed by atoms with van der Waals surface area (Å²) in [5, 5.41) is 8.98. The van der Waals surface area contributed by atoms with Crippen molar-refractivity contribution < 1.29 is 4.79 Å². The second-order valence-electron chi connectivity index (χ2n) is 3.82. The minimum atomic E-state index is -0.480. The molecule has 0 aliphatic carbocycles. The van der Waals surface area contributed by atoms with Gasteiger partial charge in [0.1, 0.15) is 5.69 Å². The van der Waals surface area contributed by atoms with Crippen LogP contribution in [0, 0.1) is 0 Å². The van der Waals surface area contributed by atoms with Gasteiger partial charge in [-0.25, -0.2) is 4.79 Å². The Morgan fingerprint density at radius 2 is 2.11 bits per heavy atom. The van der Waals surface area contributed by atoms with E-state index >= 15 is 0 Å². The van der Waals surface area contributed by atoms with Gasteiger partial charge in [0.05, 0.1) is 11.9 Å². The molecule has 0 radical (unpaired) electrons. The predicted octanol–water partition coefficient (Wildman–Crippen LogP) is 0.763. The van der Waals surface area contributed by atoms with Crippen LogP contribution in [0.3, 0.4) is 0 Å². The van der Waals surface area contributed by atoms with Crippen LogP contribution in [0.15, 0.2) is 35.5 Å². The quantitative estimate of drug-likeness (QED) is 0.822. The number of aromatic nitrogens is 3. The maximum Gasteiger partial charge on any atom is 0.323 e. The molecule has 0 bridgehead atoms. The summed E-state index contributed by atoms with van der Waals surface area (Å²) < 4.78 is 2.96. The highest BCUT2D eigenvalue weighted by atomic mass is 16.2. The van der Waals surface area contributed by atoms with E-state index < -0.39 is 6.03 Å². The van der Waals surface area contributed by atoms with Crippen LogP contribution in [0.2, 0.25) is 0 Å². The van der Waals surface area contributed by atoms with E-state index in [2.05, 4.69) is 15.7 Å². The molecule has 2 aromatic rings. The van der Waals surface area contributed by atoms with Gasteiger partial charge < -0.3 is 15.2 Å². The Kier molecular flexibility index (Phi) is 3.13. The maximum absolute atomic E-state index is 11.7. The molecule has 2 N–H and O–H groups in total. The first-order chi connectivity index (χ1) is 8.56.